The van der Waals surface area contributed by atoms with Gasteiger partial charge in [-0.05, 0) is 38.3 Å². The molecular weight excluding hydrogens is 236 g/mol. The Labute approximate surface area is 114 Å². The van der Waals surface area contributed by atoms with Crippen molar-refractivity contribution in [2.45, 2.75) is 33.5 Å². The fourth-order valence-corrected chi connectivity index (χ4v) is 3.03. The van der Waals surface area contributed by atoms with Crippen LogP contribution in [-0.2, 0) is 9.47 Å². The van der Waals surface area contributed by atoms with Crippen molar-refractivity contribution in [3.8, 4) is 0 Å². The highest BCUT2D eigenvalue weighted by Crippen LogP contribution is 2.44. The van der Waals surface area contributed by atoms with Crippen LogP contribution >= 0.6 is 0 Å². The fourth-order valence-electron chi connectivity index (χ4n) is 3.03. The lowest BCUT2D eigenvalue weighted by atomic mass is 9.88. The van der Waals surface area contributed by atoms with Gasteiger partial charge in [0.1, 0.15) is 5.76 Å². The second-order valence-corrected chi connectivity index (χ2v) is 5.53. The summed E-state index contributed by atoms with van der Waals surface area (Å²) in [5, 5.41) is 0. The predicted octanol–water partition coefficient (Wildman–Crippen LogP) is 4.23. The summed E-state index contributed by atoms with van der Waals surface area (Å²) in [6.45, 7) is 7.11. The first-order chi connectivity index (χ1) is 9.16. The molecule has 2 atom stereocenters. The monoisotopic (exact) mass is 256 g/mol. The Bertz CT molecular complexity index is 550. The van der Waals surface area contributed by atoms with E-state index < -0.39 is 0 Å². The van der Waals surface area contributed by atoms with Crippen LogP contribution in [-0.4, -0.2) is 12.9 Å². The minimum atomic E-state index is -0.0604. The van der Waals surface area contributed by atoms with Crippen LogP contribution in [0.1, 0.15) is 38.3 Å². The number of hydrogen-bond donors (Lipinski definition) is 0. The maximum absolute atomic E-state index is 5.85. The topological polar surface area (TPSA) is 18.5 Å². The van der Waals surface area contributed by atoms with Gasteiger partial charge in [-0.3, -0.25) is 0 Å². The van der Waals surface area contributed by atoms with Gasteiger partial charge in [0.15, 0.2) is 0 Å². The summed E-state index contributed by atoms with van der Waals surface area (Å²) < 4.78 is 11.5. The molecule has 2 aliphatic heterocycles. The second-order valence-electron chi connectivity index (χ2n) is 5.53. The molecule has 0 amide bonds. The van der Waals surface area contributed by atoms with Crippen molar-refractivity contribution < 1.29 is 9.47 Å². The third kappa shape index (κ3) is 2.21. The molecule has 1 saturated heterocycles. The molecule has 0 N–H and O–H groups in total. The van der Waals surface area contributed by atoms with E-state index in [1.165, 1.54) is 22.3 Å². The second kappa shape index (κ2) is 4.86. The van der Waals surface area contributed by atoms with E-state index in [2.05, 4.69) is 51.1 Å². The lowest BCUT2D eigenvalue weighted by Crippen LogP contribution is -2.12. The van der Waals surface area contributed by atoms with E-state index >= 15 is 0 Å². The molecule has 1 fully saturated rings. The first kappa shape index (κ1) is 12.5. The molecule has 3 rings (SSSR count). The fraction of sp³-hybridized carbons (Fsp3) is 0.412. The maximum atomic E-state index is 5.85. The van der Waals surface area contributed by atoms with Crippen LogP contribution < -0.4 is 0 Å². The van der Waals surface area contributed by atoms with Gasteiger partial charge in [-0.2, -0.15) is 0 Å². The minimum absolute atomic E-state index is 0.0604. The van der Waals surface area contributed by atoms with Crippen molar-refractivity contribution in [1.82, 2.24) is 0 Å². The van der Waals surface area contributed by atoms with E-state index in [9.17, 15) is 0 Å². The molecule has 0 aliphatic carbocycles. The van der Waals surface area contributed by atoms with Gasteiger partial charge in [-0.1, -0.05) is 35.9 Å². The Morgan fingerprint density at radius 1 is 1.26 bits per heavy atom. The Balaban J connectivity index is 2.07. The molecule has 2 heteroatoms. The molecule has 0 aromatic heterocycles. The number of ether oxygens (including phenoxy) is 2. The summed E-state index contributed by atoms with van der Waals surface area (Å²) in [4.78, 5) is 0. The van der Waals surface area contributed by atoms with Crippen LogP contribution in [0, 0.1) is 5.92 Å². The third-order valence-corrected chi connectivity index (χ3v) is 3.78. The lowest BCUT2D eigenvalue weighted by Gasteiger charge is -2.13. The van der Waals surface area contributed by atoms with Gasteiger partial charge in [-0.15, -0.1) is 0 Å². The highest BCUT2D eigenvalue weighted by molar-refractivity contribution is 5.78. The molecule has 0 spiro atoms. The number of rotatable bonds is 2. The van der Waals surface area contributed by atoms with Crippen molar-refractivity contribution in [2.75, 3.05) is 6.61 Å². The normalized spacial score (nSPS) is 25.2. The van der Waals surface area contributed by atoms with Crippen LogP contribution in [0.4, 0.5) is 0 Å². The first-order valence-electron chi connectivity index (χ1n) is 6.90. The minimum Gasteiger partial charge on any atom is -0.469 e. The molecular formula is C17H20O2. The van der Waals surface area contributed by atoms with Crippen molar-refractivity contribution in [3.63, 3.8) is 0 Å². The van der Waals surface area contributed by atoms with Crippen LogP contribution in [0.15, 0.2) is 35.6 Å². The molecule has 2 heterocycles. The van der Waals surface area contributed by atoms with Gasteiger partial charge < -0.3 is 9.47 Å². The SMILES string of the molecule is CC(C)=Cc1ccccc1C1=C(C)O[C@@H]2OCC[C@H]12. The number of hydrogen-bond acceptors (Lipinski definition) is 2. The van der Waals surface area contributed by atoms with E-state index in [1.807, 2.05) is 0 Å². The maximum Gasteiger partial charge on any atom is 0.206 e. The lowest BCUT2D eigenvalue weighted by molar-refractivity contribution is -0.0782. The van der Waals surface area contributed by atoms with Gasteiger partial charge in [0, 0.05) is 5.57 Å². The first-order valence-corrected chi connectivity index (χ1v) is 6.90. The van der Waals surface area contributed by atoms with Crippen LogP contribution in [0.2, 0.25) is 0 Å². The van der Waals surface area contributed by atoms with Gasteiger partial charge in [0.25, 0.3) is 0 Å². The van der Waals surface area contributed by atoms with Gasteiger partial charge >= 0.3 is 0 Å². The molecule has 100 valence electrons. The standard InChI is InChI=1S/C17H20O2/c1-11(2)10-13-6-4-5-7-14(13)16-12(3)19-17-15(16)8-9-18-17/h4-7,10,15,17H,8-9H2,1-3H3/t15-,17+/m1/s1. The summed E-state index contributed by atoms with van der Waals surface area (Å²) in [7, 11) is 0. The Kier molecular flexibility index (Phi) is 3.19. The van der Waals surface area contributed by atoms with Crippen molar-refractivity contribution in [1.29, 1.82) is 0 Å². The molecule has 0 saturated carbocycles. The zero-order valence-corrected chi connectivity index (χ0v) is 11.8. The zero-order valence-electron chi connectivity index (χ0n) is 11.8. The smallest absolute Gasteiger partial charge is 0.206 e. The van der Waals surface area contributed by atoms with Gasteiger partial charge in [0.2, 0.25) is 6.29 Å². The molecule has 1 aromatic carbocycles. The summed E-state index contributed by atoms with van der Waals surface area (Å²) >= 11 is 0. The Morgan fingerprint density at radius 2 is 2.05 bits per heavy atom. The molecule has 2 aliphatic rings. The number of allylic oxidation sites excluding steroid dienone is 2. The Morgan fingerprint density at radius 3 is 2.84 bits per heavy atom. The molecule has 19 heavy (non-hydrogen) atoms. The molecule has 1 aromatic rings. The van der Waals surface area contributed by atoms with Crippen molar-refractivity contribution in [3.05, 3.63) is 46.7 Å². The zero-order chi connectivity index (χ0) is 13.4. The molecule has 0 radical (unpaired) electrons. The largest absolute Gasteiger partial charge is 0.469 e. The summed E-state index contributed by atoms with van der Waals surface area (Å²) in [5.74, 6) is 1.41. The highest BCUT2D eigenvalue weighted by Gasteiger charge is 2.40. The van der Waals surface area contributed by atoms with Gasteiger partial charge in [0.05, 0.1) is 12.5 Å². The van der Waals surface area contributed by atoms with E-state index in [4.69, 9.17) is 9.47 Å². The van der Waals surface area contributed by atoms with E-state index in [0.29, 0.717) is 5.92 Å². The van der Waals surface area contributed by atoms with E-state index in [1.54, 1.807) is 0 Å². The van der Waals surface area contributed by atoms with E-state index in [-0.39, 0.29) is 6.29 Å². The average molecular weight is 256 g/mol. The number of fused-ring (bicyclic) bond motifs is 1. The van der Waals surface area contributed by atoms with Crippen LogP contribution in [0.25, 0.3) is 11.6 Å². The summed E-state index contributed by atoms with van der Waals surface area (Å²) in [6, 6.07) is 8.55. The molecule has 0 unspecified atom stereocenters. The van der Waals surface area contributed by atoms with E-state index in [0.717, 1.165) is 18.8 Å². The Hall–Kier alpha value is -1.54. The quantitative estimate of drug-likeness (QED) is 0.788. The number of benzene rings is 1. The highest BCUT2D eigenvalue weighted by atomic mass is 16.7. The summed E-state index contributed by atoms with van der Waals surface area (Å²) in [6.07, 6.45) is 3.23. The third-order valence-electron chi connectivity index (χ3n) is 3.78. The van der Waals surface area contributed by atoms with Crippen LogP contribution in [0.3, 0.4) is 0 Å². The van der Waals surface area contributed by atoms with Crippen molar-refractivity contribution in [2.24, 2.45) is 5.92 Å². The van der Waals surface area contributed by atoms with Crippen LogP contribution in [0.5, 0.6) is 0 Å². The predicted molar refractivity (Wildman–Crippen MR) is 77.3 cm³/mol. The van der Waals surface area contributed by atoms with Crippen molar-refractivity contribution >= 4 is 11.6 Å². The molecule has 0 bridgehead atoms. The summed E-state index contributed by atoms with van der Waals surface area (Å²) in [5.41, 5.74) is 5.20. The average Bonchev–Trinajstić information content (AvgIpc) is 2.89. The van der Waals surface area contributed by atoms with Gasteiger partial charge in [-0.25, -0.2) is 0 Å². The molecule has 2 nitrogen and oxygen atoms in total.